The first-order chi connectivity index (χ1) is 10.7. The highest BCUT2D eigenvalue weighted by atomic mass is 35.5. The van der Waals surface area contributed by atoms with Gasteiger partial charge in [-0.3, -0.25) is 4.79 Å². The Bertz CT molecular complexity index is 622. The highest BCUT2D eigenvalue weighted by Gasteiger charge is 2.10. The predicted octanol–water partition coefficient (Wildman–Crippen LogP) is 1.66. The van der Waals surface area contributed by atoms with Crippen LogP contribution in [0.3, 0.4) is 0 Å². The number of hydrogen-bond donors (Lipinski definition) is 2. The minimum absolute atomic E-state index is 0. The Labute approximate surface area is 145 Å². The molecule has 0 unspecified atom stereocenters. The van der Waals surface area contributed by atoms with E-state index < -0.39 is 0 Å². The quantitative estimate of drug-likeness (QED) is 0.696. The van der Waals surface area contributed by atoms with Crippen LogP contribution in [0.15, 0.2) is 28.8 Å². The second kappa shape index (κ2) is 10.2. The van der Waals surface area contributed by atoms with Gasteiger partial charge in [0, 0.05) is 24.2 Å². The van der Waals surface area contributed by atoms with Crippen LogP contribution in [0.2, 0.25) is 5.02 Å². The van der Waals surface area contributed by atoms with Crippen LogP contribution >= 0.6 is 24.0 Å². The fraction of sp³-hybridized carbons (Fsp3) is 0.357. The zero-order valence-corrected chi connectivity index (χ0v) is 14.1. The topological polar surface area (TPSA) is 89.3 Å². The van der Waals surface area contributed by atoms with Gasteiger partial charge in [0.2, 0.25) is 17.6 Å². The minimum Gasteiger partial charge on any atom is -0.383 e. The fourth-order valence-electron chi connectivity index (χ4n) is 1.68. The van der Waals surface area contributed by atoms with Crippen molar-refractivity contribution in [3.8, 4) is 11.4 Å². The Hall–Kier alpha value is -1.67. The summed E-state index contributed by atoms with van der Waals surface area (Å²) in [5, 5.41) is 10.1. The number of rotatable bonds is 8. The maximum Gasteiger partial charge on any atom is 0.246 e. The molecule has 2 N–H and O–H groups in total. The van der Waals surface area contributed by atoms with Crippen LogP contribution in [0.25, 0.3) is 11.4 Å². The van der Waals surface area contributed by atoms with Crippen molar-refractivity contribution >= 4 is 29.9 Å². The van der Waals surface area contributed by atoms with E-state index in [4.69, 9.17) is 20.9 Å². The van der Waals surface area contributed by atoms with E-state index in [2.05, 4.69) is 20.8 Å². The summed E-state index contributed by atoms with van der Waals surface area (Å²) in [5.41, 5.74) is 0.759. The second-order valence-corrected chi connectivity index (χ2v) is 4.90. The SMILES string of the molecule is COCCNCC(=O)NCc1nc(-c2cccc(Cl)c2)no1.Cl. The normalized spacial score (nSPS) is 10.2. The Balaban J connectivity index is 0.00000264. The van der Waals surface area contributed by atoms with E-state index in [1.807, 2.05) is 6.07 Å². The van der Waals surface area contributed by atoms with Crippen molar-refractivity contribution in [3.05, 3.63) is 35.2 Å². The molecule has 0 atom stereocenters. The Morgan fingerprint density at radius 1 is 1.43 bits per heavy atom. The first kappa shape index (κ1) is 19.4. The number of nitrogens with zero attached hydrogens (tertiary/aromatic N) is 2. The molecule has 1 aromatic carbocycles. The van der Waals surface area contributed by atoms with E-state index in [1.54, 1.807) is 25.3 Å². The van der Waals surface area contributed by atoms with Crippen molar-refractivity contribution in [2.24, 2.45) is 0 Å². The molecule has 0 radical (unpaired) electrons. The molecule has 0 bridgehead atoms. The van der Waals surface area contributed by atoms with Crippen LogP contribution in [0, 0.1) is 0 Å². The van der Waals surface area contributed by atoms with Gasteiger partial charge in [0.25, 0.3) is 0 Å². The third-order valence-corrected chi connectivity index (χ3v) is 2.99. The van der Waals surface area contributed by atoms with Crippen LogP contribution in [-0.2, 0) is 16.1 Å². The zero-order valence-electron chi connectivity index (χ0n) is 12.5. The van der Waals surface area contributed by atoms with Gasteiger partial charge in [-0.25, -0.2) is 0 Å². The summed E-state index contributed by atoms with van der Waals surface area (Å²) in [5.74, 6) is 0.615. The maximum absolute atomic E-state index is 11.6. The molecular formula is C14H18Cl2N4O3. The monoisotopic (exact) mass is 360 g/mol. The number of amides is 1. The van der Waals surface area contributed by atoms with E-state index in [0.717, 1.165) is 5.56 Å². The lowest BCUT2D eigenvalue weighted by atomic mass is 10.2. The number of hydrogen-bond acceptors (Lipinski definition) is 6. The average molecular weight is 361 g/mol. The molecule has 126 valence electrons. The third-order valence-electron chi connectivity index (χ3n) is 2.76. The van der Waals surface area contributed by atoms with E-state index in [0.29, 0.717) is 29.9 Å². The summed E-state index contributed by atoms with van der Waals surface area (Å²) in [4.78, 5) is 15.8. The van der Waals surface area contributed by atoms with Gasteiger partial charge in [-0.2, -0.15) is 4.98 Å². The molecule has 2 rings (SSSR count). The van der Waals surface area contributed by atoms with Crippen molar-refractivity contribution < 1.29 is 14.1 Å². The number of nitrogens with one attached hydrogen (secondary N) is 2. The Morgan fingerprint density at radius 2 is 2.26 bits per heavy atom. The van der Waals surface area contributed by atoms with Crippen molar-refractivity contribution in [3.63, 3.8) is 0 Å². The molecule has 0 aliphatic rings. The van der Waals surface area contributed by atoms with Crippen LogP contribution in [0.5, 0.6) is 0 Å². The number of halogens is 2. The largest absolute Gasteiger partial charge is 0.383 e. The van der Waals surface area contributed by atoms with Gasteiger partial charge in [0.1, 0.15) is 0 Å². The lowest BCUT2D eigenvalue weighted by Gasteiger charge is -2.03. The van der Waals surface area contributed by atoms with Gasteiger partial charge in [-0.1, -0.05) is 28.9 Å². The van der Waals surface area contributed by atoms with Gasteiger partial charge in [0.05, 0.1) is 19.7 Å². The molecule has 2 aromatic rings. The van der Waals surface area contributed by atoms with E-state index in [-0.39, 0.29) is 31.4 Å². The average Bonchev–Trinajstić information content (AvgIpc) is 2.98. The molecule has 9 heteroatoms. The zero-order chi connectivity index (χ0) is 15.8. The fourth-order valence-corrected chi connectivity index (χ4v) is 1.87. The predicted molar refractivity (Wildman–Crippen MR) is 88.6 cm³/mol. The molecule has 0 spiro atoms. The third kappa shape index (κ3) is 6.54. The van der Waals surface area contributed by atoms with Gasteiger partial charge < -0.3 is 19.9 Å². The lowest BCUT2D eigenvalue weighted by Crippen LogP contribution is -2.34. The van der Waals surface area contributed by atoms with Gasteiger partial charge in [0.15, 0.2) is 0 Å². The molecule has 7 nitrogen and oxygen atoms in total. The molecule has 0 fully saturated rings. The number of methoxy groups -OCH3 is 1. The van der Waals surface area contributed by atoms with Gasteiger partial charge in [-0.05, 0) is 12.1 Å². The number of ether oxygens (including phenoxy) is 1. The molecule has 1 amide bonds. The van der Waals surface area contributed by atoms with E-state index >= 15 is 0 Å². The van der Waals surface area contributed by atoms with Crippen molar-refractivity contribution in [2.45, 2.75) is 6.54 Å². The first-order valence-corrected chi connectivity index (χ1v) is 7.11. The highest BCUT2D eigenvalue weighted by Crippen LogP contribution is 2.19. The van der Waals surface area contributed by atoms with Crippen molar-refractivity contribution in [1.82, 2.24) is 20.8 Å². The number of benzene rings is 1. The lowest BCUT2D eigenvalue weighted by molar-refractivity contribution is -0.120. The molecule has 0 aliphatic heterocycles. The molecule has 1 aromatic heterocycles. The summed E-state index contributed by atoms with van der Waals surface area (Å²) in [6.45, 7) is 1.56. The minimum atomic E-state index is -0.154. The smallest absolute Gasteiger partial charge is 0.246 e. The molecular weight excluding hydrogens is 343 g/mol. The highest BCUT2D eigenvalue weighted by molar-refractivity contribution is 6.30. The molecule has 0 saturated carbocycles. The van der Waals surface area contributed by atoms with Crippen molar-refractivity contribution in [2.75, 3.05) is 26.8 Å². The van der Waals surface area contributed by atoms with Gasteiger partial charge >= 0.3 is 0 Å². The Kier molecular flexibility index (Phi) is 8.57. The van der Waals surface area contributed by atoms with E-state index in [9.17, 15) is 4.79 Å². The molecule has 0 saturated heterocycles. The standard InChI is InChI=1S/C14H17ClN4O3.ClH/c1-21-6-5-16-8-12(20)17-9-13-18-14(19-22-13)10-3-2-4-11(15)7-10;/h2-4,7,16H,5-6,8-9H2,1H3,(H,17,20);1H. The van der Waals surface area contributed by atoms with Gasteiger partial charge in [-0.15, -0.1) is 12.4 Å². The molecule has 0 aliphatic carbocycles. The van der Waals surface area contributed by atoms with Crippen LogP contribution in [0.1, 0.15) is 5.89 Å². The summed E-state index contributed by atoms with van der Waals surface area (Å²) >= 11 is 5.92. The molecule has 23 heavy (non-hydrogen) atoms. The first-order valence-electron chi connectivity index (χ1n) is 6.74. The van der Waals surface area contributed by atoms with Crippen LogP contribution in [-0.4, -0.2) is 42.9 Å². The maximum atomic E-state index is 11.6. The number of aromatic nitrogens is 2. The summed E-state index contributed by atoms with van der Waals surface area (Å²) < 4.78 is 9.96. The van der Waals surface area contributed by atoms with E-state index in [1.165, 1.54) is 0 Å². The second-order valence-electron chi connectivity index (χ2n) is 4.47. The number of carbonyl (C=O) groups excluding carboxylic acids is 1. The van der Waals surface area contributed by atoms with Crippen LogP contribution in [0.4, 0.5) is 0 Å². The summed E-state index contributed by atoms with van der Waals surface area (Å²) in [6.07, 6.45) is 0. The molecule has 1 heterocycles. The van der Waals surface area contributed by atoms with Crippen LogP contribution < -0.4 is 10.6 Å². The summed E-state index contributed by atoms with van der Waals surface area (Å²) in [7, 11) is 1.61. The number of carbonyl (C=O) groups is 1. The van der Waals surface area contributed by atoms with Crippen molar-refractivity contribution in [1.29, 1.82) is 0 Å². The summed E-state index contributed by atoms with van der Waals surface area (Å²) in [6, 6.07) is 7.15. The Morgan fingerprint density at radius 3 is 3.00 bits per heavy atom.